The van der Waals surface area contributed by atoms with Crippen LogP contribution in [0.2, 0.25) is 0 Å². The summed E-state index contributed by atoms with van der Waals surface area (Å²) in [6.07, 6.45) is -4.66. The number of hydrogen-bond donors (Lipinski definition) is 1. The van der Waals surface area contributed by atoms with Crippen molar-refractivity contribution in [1.29, 1.82) is 0 Å². The van der Waals surface area contributed by atoms with Gasteiger partial charge in [0.25, 0.3) is 0 Å². The van der Waals surface area contributed by atoms with Crippen LogP contribution in [0.1, 0.15) is 24.5 Å². The smallest absolute Gasteiger partial charge is 0.416 e. The van der Waals surface area contributed by atoms with E-state index in [2.05, 4.69) is 16.6 Å². The summed E-state index contributed by atoms with van der Waals surface area (Å²) in [6.45, 7) is 1.88. The van der Waals surface area contributed by atoms with E-state index in [0.717, 1.165) is 12.1 Å². The zero-order valence-corrected chi connectivity index (χ0v) is 10.2. The highest BCUT2D eigenvalue weighted by Crippen LogP contribution is 2.31. The minimum Gasteiger partial charge on any atom is -0.465 e. The number of alkyl halides is 3. The molecule has 0 spiro atoms. The van der Waals surface area contributed by atoms with Gasteiger partial charge in [-0.3, -0.25) is 4.79 Å². The van der Waals surface area contributed by atoms with Crippen LogP contribution in [0.5, 0.6) is 0 Å². The maximum Gasteiger partial charge on any atom is 0.416 e. The number of nitrogen functional groups attached to an aromatic ring is 1. The number of ether oxygens (including phenoxy) is 1. The Bertz CT molecular complexity index is 527. The van der Waals surface area contributed by atoms with Crippen LogP contribution in [0, 0.1) is 11.8 Å². The van der Waals surface area contributed by atoms with E-state index in [-0.39, 0.29) is 24.3 Å². The van der Waals surface area contributed by atoms with Crippen molar-refractivity contribution in [2.45, 2.75) is 19.5 Å². The fraction of sp³-hybridized carbons (Fsp3) is 0.308. The second kappa shape index (κ2) is 6.14. The number of nitrogens with two attached hydrogens (primary N) is 1. The summed E-state index contributed by atoms with van der Waals surface area (Å²) >= 11 is 0. The summed E-state index contributed by atoms with van der Waals surface area (Å²) in [6, 6.07) is 3.03. The Morgan fingerprint density at radius 1 is 1.37 bits per heavy atom. The van der Waals surface area contributed by atoms with Crippen LogP contribution < -0.4 is 5.73 Å². The first kappa shape index (κ1) is 14.9. The quantitative estimate of drug-likeness (QED) is 0.511. The fourth-order valence-corrected chi connectivity index (χ4v) is 1.32. The molecule has 6 heteroatoms. The van der Waals surface area contributed by atoms with Gasteiger partial charge in [-0.1, -0.05) is 11.8 Å². The van der Waals surface area contributed by atoms with E-state index in [1.807, 2.05) is 0 Å². The molecule has 0 saturated carbocycles. The van der Waals surface area contributed by atoms with Crippen LogP contribution in [0.3, 0.4) is 0 Å². The Labute approximate surface area is 108 Å². The van der Waals surface area contributed by atoms with Crippen LogP contribution in [0.25, 0.3) is 0 Å². The van der Waals surface area contributed by atoms with Gasteiger partial charge in [-0.25, -0.2) is 0 Å². The molecule has 0 aromatic heterocycles. The topological polar surface area (TPSA) is 52.3 Å². The lowest BCUT2D eigenvalue weighted by molar-refractivity contribution is -0.142. The molecule has 0 aliphatic rings. The highest BCUT2D eigenvalue weighted by Gasteiger charge is 2.30. The predicted molar refractivity (Wildman–Crippen MR) is 64.0 cm³/mol. The normalized spacial score (nSPS) is 10.5. The summed E-state index contributed by atoms with van der Waals surface area (Å²) in [5, 5.41) is 0. The van der Waals surface area contributed by atoms with Gasteiger partial charge < -0.3 is 10.5 Å². The van der Waals surface area contributed by atoms with Crippen molar-refractivity contribution in [3.63, 3.8) is 0 Å². The largest absolute Gasteiger partial charge is 0.465 e. The zero-order valence-electron chi connectivity index (χ0n) is 10.2. The molecule has 0 aliphatic heterocycles. The molecule has 0 saturated heterocycles. The standard InChI is InChI=1S/C13H12F3NO2/c1-2-19-12(18)5-3-4-9-6-10(13(14,15)16)8-11(17)7-9/h6-8H,2,5,17H2,1H3. The SMILES string of the molecule is CCOC(=O)CC#Cc1cc(N)cc(C(F)(F)F)c1. The van der Waals surface area contributed by atoms with Gasteiger partial charge in [0.15, 0.2) is 0 Å². The van der Waals surface area contributed by atoms with Gasteiger partial charge in [-0.2, -0.15) is 13.2 Å². The third-order valence-corrected chi connectivity index (χ3v) is 2.05. The molecule has 102 valence electrons. The van der Waals surface area contributed by atoms with Crippen LogP contribution in [-0.2, 0) is 15.7 Å². The monoisotopic (exact) mass is 271 g/mol. The van der Waals surface area contributed by atoms with E-state index in [9.17, 15) is 18.0 Å². The van der Waals surface area contributed by atoms with Crippen molar-refractivity contribution >= 4 is 11.7 Å². The molecule has 2 N–H and O–H groups in total. The lowest BCUT2D eigenvalue weighted by atomic mass is 10.1. The summed E-state index contributed by atoms with van der Waals surface area (Å²) in [5.41, 5.74) is 4.58. The van der Waals surface area contributed by atoms with Gasteiger partial charge in [0.1, 0.15) is 6.42 Å². The summed E-state index contributed by atoms with van der Waals surface area (Å²) in [5.74, 6) is 4.38. The third-order valence-electron chi connectivity index (χ3n) is 2.05. The minimum atomic E-state index is -4.48. The van der Waals surface area contributed by atoms with Crippen molar-refractivity contribution in [1.82, 2.24) is 0 Å². The average molecular weight is 271 g/mol. The Hall–Kier alpha value is -2.16. The lowest BCUT2D eigenvalue weighted by Crippen LogP contribution is -2.06. The number of halogens is 3. The molecule has 1 rings (SSSR count). The molecule has 0 amide bonds. The highest BCUT2D eigenvalue weighted by atomic mass is 19.4. The number of carbonyl (C=O) groups is 1. The number of hydrogen-bond acceptors (Lipinski definition) is 3. The molecule has 0 heterocycles. The Balaban J connectivity index is 2.88. The van der Waals surface area contributed by atoms with Crippen molar-refractivity contribution in [2.24, 2.45) is 0 Å². The van der Waals surface area contributed by atoms with Gasteiger partial charge in [0.05, 0.1) is 12.2 Å². The van der Waals surface area contributed by atoms with Crippen LogP contribution in [-0.4, -0.2) is 12.6 Å². The summed E-state index contributed by atoms with van der Waals surface area (Å²) in [7, 11) is 0. The molecule has 19 heavy (non-hydrogen) atoms. The van der Waals surface area contributed by atoms with E-state index >= 15 is 0 Å². The number of rotatable bonds is 2. The van der Waals surface area contributed by atoms with Crippen molar-refractivity contribution < 1.29 is 22.7 Å². The Morgan fingerprint density at radius 2 is 2.05 bits per heavy atom. The maximum absolute atomic E-state index is 12.5. The molecule has 0 bridgehead atoms. The molecule has 0 fully saturated rings. The molecule has 1 aromatic rings. The van der Waals surface area contributed by atoms with Crippen LogP contribution >= 0.6 is 0 Å². The zero-order chi connectivity index (χ0) is 14.5. The Kier molecular flexibility index (Phi) is 4.81. The van der Waals surface area contributed by atoms with Gasteiger partial charge in [0, 0.05) is 11.3 Å². The molecule has 0 atom stereocenters. The van der Waals surface area contributed by atoms with E-state index in [4.69, 9.17) is 5.73 Å². The minimum absolute atomic E-state index is 0.0322. The first-order valence-electron chi connectivity index (χ1n) is 5.45. The highest BCUT2D eigenvalue weighted by molar-refractivity contribution is 5.72. The van der Waals surface area contributed by atoms with Crippen molar-refractivity contribution in [3.05, 3.63) is 29.3 Å². The fourth-order valence-electron chi connectivity index (χ4n) is 1.32. The third kappa shape index (κ3) is 4.92. The second-order valence-electron chi connectivity index (χ2n) is 3.63. The predicted octanol–water partition coefficient (Wildman–Crippen LogP) is 2.59. The maximum atomic E-state index is 12.5. The van der Waals surface area contributed by atoms with E-state index < -0.39 is 17.7 Å². The van der Waals surface area contributed by atoms with Crippen molar-refractivity contribution in [3.8, 4) is 11.8 Å². The molecular weight excluding hydrogens is 259 g/mol. The van der Waals surface area contributed by atoms with E-state index in [0.29, 0.717) is 0 Å². The number of esters is 1. The number of benzene rings is 1. The second-order valence-corrected chi connectivity index (χ2v) is 3.63. The number of anilines is 1. The summed E-state index contributed by atoms with van der Waals surface area (Å²) < 4.78 is 42.2. The molecule has 0 unspecified atom stereocenters. The summed E-state index contributed by atoms with van der Waals surface area (Å²) in [4.78, 5) is 11.0. The average Bonchev–Trinajstić information content (AvgIpc) is 2.27. The molecule has 0 radical (unpaired) electrons. The van der Waals surface area contributed by atoms with Gasteiger partial charge in [-0.05, 0) is 25.1 Å². The van der Waals surface area contributed by atoms with Gasteiger partial charge in [-0.15, -0.1) is 0 Å². The lowest BCUT2D eigenvalue weighted by Gasteiger charge is -2.07. The number of carbonyl (C=O) groups excluding carboxylic acids is 1. The molecule has 1 aromatic carbocycles. The van der Waals surface area contributed by atoms with E-state index in [1.54, 1.807) is 6.92 Å². The first-order valence-corrected chi connectivity index (χ1v) is 5.45. The van der Waals surface area contributed by atoms with Crippen molar-refractivity contribution in [2.75, 3.05) is 12.3 Å². The van der Waals surface area contributed by atoms with Gasteiger partial charge >= 0.3 is 12.1 Å². The van der Waals surface area contributed by atoms with Gasteiger partial charge in [0.2, 0.25) is 0 Å². The molecule has 3 nitrogen and oxygen atoms in total. The van der Waals surface area contributed by atoms with Crippen LogP contribution in [0.4, 0.5) is 18.9 Å². The first-order chi connectivity index (χ1) is 8.82. The van der Waals surface area contributed by atoms with Crippen LogP contribution in [0.15, 0.2) is 18.2 Å². The Morgan fingerprint density at radius 3 is 2.63 bits per heavy atom. The molecule has 0 aliphatic carbocycles. The molecular formula is C13H12F3NO2. The van der Waals surface area contributed by atoms with E-state index in [1.165, 1.54) is 6.07 Å².